The normalized spacial score (nSPS) is 17.7. The molecule has 126 valence electrons. The topological polar surface area (TPSA) is 43.8 Å². The standard InChI is InChI=1S/C20H31N3/c1-14-11-18-19(12-15(14)2)23(16(3)13-21)20(22-18)10-9-17-7-5-4-6-8-17/h11-12,16-17H,4-10,13,21H2,1-3H3. The maximum atomic E-state index is 5.98. The van der Waals surface area contributed by atoms with Crippen LogP contribution < -0.4 is 5.73 Å². The lowest BCUT2D eigenvalue weighted by molar-refractivity contribution is 0.335. The van der Waals surface area contributed by atoms with Gasteiger partial charge in [0, 0.05) is 19.0 Å². The highest BCUT2D eigenvalue weighted by atomic mass is 15.1. The number of rotatable bonds is 5. The summed E-state index contributed by atoms with van der Waals surface area (Å²) in [5.41, 5.74) is 11.0. The minimum absolute atomic E-state index is 0.309. The van der Waals surface area contributed by atoms with Gasteiger partial charge in [0.2, 0.25) is 0 Å². The van der Waals surface area contributed by atoms with E-state index in [1.807, 2.05) is 0 Å². The number of hydrogen-bond donors (Lipinski definition) is 1. The van der Waals surface area contributed by atoms with E-state index in [1.165, 1.54) is 61.0 Å². The molecule has 1 aromatic heterocycles. The molecule has 1 saturated carbocycles. The molecule has 0 saturated heterocycles. The zero-order valence-corrected chi connectivity index (χ0v) is 14.9. The first kappa shape index (κ1) is 16.5. The van der Waals surface area contributed by atoms with Crippen LogP contribution in [-0.4, -0.2) is 16.1 Å². The van der Waals surface area contributed by atoms with Crippen molar-refractivity contribution in [3.8, 4) is 0 Å². The number of fused-ring (bicyclic) bond motifs is 1. The van der Waals surface area contributed by atoms with Crippen molar-refractivity contribution in [2.45, 2.75) is 71.8 Å². The third-order valence-electron chi connectivity index (χ3n) is 5.66. The van der Waals surface area contributed by atoms with Crippen molar-refractivity contribution in [1.29, 1.82) is 0 Å². The molecule has 2 N–H and O–H groups in total. The maximum Gasteiger partial charge on any atom is 0.110 e. The summed E-state index contributed by atoms with van der Waals surface area (Å²) in [5.74, 6) is 2.13. The van der Waals surface area contributed by atoms with Crippen molar-refractivity contribution in [1.82, 2.24) is 9.55 Å². The Labute approximate surface area is 140 Å². The quantitative estimate of drug-likeness (QED) is 0.870. The van der Waals surface area contributed by atoms with E-state index in [9.17, 15) is 0 Å². The number of benzene rings is 1. The highest BCUT2D eigenvalue weighted by molar-refractivity contribution is 5.78. The molecule has 3 rings (SSSR count). The molecule has 3 heteroatoms. The summed E-state index contributed by atoms with van der Waals surface area (Å²) in [4.78, 5) is 4.98. The largest absolute Gasteiger partial charge is 0.328 e. The molecule has 0 amide bonds. The first-order chi connectivity index (χ1) is 11.1. The second-order valence-electron chi connectivity index (χ2n) is 7.45. The molecule has 1 aliphatic rings. The molecule has 1 atom stereocenters. The van der Waals surface area contributed by atoms with Gasteiger partial charge >= 0.3 is 0 Å². The third-order valence-corrected chi connectivity index (χ3v) is 5.66. The Balaban J connectivity index is 1.91. The van der Waals surface area contributed by atoms with Crippen LogP contribution in [0.1, 0.15) is 68.4 Å². The lowest BCUT2D eigenvalue weighted by Gasteiger charge is -2.22. The number of hydrogen-bond acceptors (Lipinski definition) is 2. The van der Waals surface area contributed by atoms with Gasteiger partial charge in [-0.15, -0.1) is 0 Å². The second-order valence-corrected chi connectivity index (χ2v) is 7.45. The molecule has 0 bridgehead atoms. The molecule has 2 aromatic rings. The Morgan fingerprint density at radius 2 is 1.87 bits per heavy atom. The van der Waals surface area contributed by atoms with Crippen molar-refractivity contribution >= 4 is 11.0 Å². The molecule has 0 aliphatic heterocycles. The summed E-state index contributed by atoms with van der Waals surface area (Å²) in [5, 5.41) is 0. The van der Waals surface area contributed by atoms with Gasteiger partial charge in [0.1, 0.15) is 5.82 Å². The molecule has 1 heterocycles. The smallest absolute Gasteiger partial charge is 0.110 e. The van der Waals surface area contributed by atoms with E-state index in [-0.39, 0.29) is 0 Å². The van der Waals surface area contributed by atoms with Crippen LogP contribution in [0.2, 0.25) is 0 Å². The zero-order valence-electron chi connectivity index (χ0n) is 14.9. The van der Waals surface area contributed by atoms with Gasteiger partial charge in [0.05, 0.1) is 11.0 Å². The highest BCUT2D eigenvalue weighted by Gasteiger charge is 2.19. The third kappa shape index (κ3) is 3.45. The number of nitrogens with two attached hydrogens (primary N) is 1. The van der Waals surface area contributed by atoms with E-state index in [0.717, 1.165) is 17.9 Å². The fraction of sp³-hybridized carbons (Fsp3) is 0.650. The fourth-order valence-corrected chi connectivity index (χ4v) is 3.98. The van der Waals surface area contributed by atoms with Gasteiger partial charge in [-0.3, -0.25) is 0 Å². The van der Waals surface area contributed by atoms with Crippen LogP contribution in [-0.2, 0) is 6.42 Å². The number of imidazole rings is 1. The number of aromatic nitrogens is 2. The second kappa shape index (κ2) is 7.04. The van der Waals surface area contributed by atoms with Crippen molar-refractivity contribution in [3.05, 3.63) is 29.1 Å². The number of aryl methyl sites for hydroxylation is 3. The van der Waals surface area contributed by atoms with Crippen LogP contribution in [0.3, 0.4) is 0 Å². The minimum Gasteiger partial charge on any atom is -0.328 e. The van der Waals surface area contributed by atoms with Crippen LogP contribution in [0, 0.1) is 19.8 Å². The Bertz CT molecular complexity index is 665. The van der Waals surface area contributed by atoms with E-state index in [4.69, 9.17) is 10.7 Å². The Morgan fingerprint density at radius 3 is 2.57 bits per heavy atom. The van der Waals surface area contributed by atoms with Gasteiger partial charge in [0.25, 0.3) is 0 Å². The van der Waals surface area contributed by atoms with Crippen LogP contribution in [0.25, 0.3) is 11.0 Å². The lowest BCUT2D eigenvalue weighted by Crippen LogP contribution is -2.19. The van der Waals surface area contributed by atoms with E-state index < -0.39 is 0 Å². The fourth-order valence-electron chi connectivity index (χ4n) is 3.98. The summed E-state index contributed by atoms with van der Waals surface area (Å²) >= 11 is 0. The van der Waals surface area contributed by atoms with Crippen LogP contribution >= 0.6 is 0 Å². The van der Waals surface area contributed by atoms with E-state index in [2.05, 4.69) is 37.5 Å². The van der Waals surface area contributed by atoms with Gasteiger partial charge in [-0.05, 0) is 56.4 Å². The van der Waals surface area contributed by atoms with E-state index >= 15 is 0 Å². The molecular weight excluding hydrogens is 282 g/mol. The molecule has 3 nitrogen and oxygen atoms in total. The minimum atomic E-state index is 0.309. The van der Waals surface area contributed by atoms with Crippen molar-refractivity contribution < 1.29 is 0 Å². The Morgan fingerprint density at radius 1 is 1.17 bits per heavy atom. The number of nitrogens with zero attached hydrogens (tertiary/aromatic N) is 2. The molecule has 23 heavy (non-hydrogen) atoms. The van der Waals surface area contributed by atoms with Crippen molar-refractivity contribution in [2.24, 2.45) is 11.7 Å². The van der Waals surface area contributed by atoms with Crippen molar-refractivity contribution in [2.75, 3.05) is 6.54 Å². The molecular formula is C20H31N3. The molecule has 1 fully saturated rings. The van der Waals surface area contributed by atoms with E-state index in [1.54, 1.807) is 0 Å². The average Bonchev–Trinajstić information content (AvgIpc) is 2.91. The summed E-state index contributed by atoms with van der Waals surface area (Å²) < 4.78 is 2.39. The van der Waals surface area contributed by atoms with Gasteiger partial charge in [0.15, 0.2) is 0 Å². The van der Waals surface area contributed by atoms with Gasteiger partial charge in [-0.1, -0.05) is 32.1 Å². The Kier molecular flexibility index (Phi) is 5.05. The summed E-state index contributed by atoms with van der Waals surface area (Å²) in [6.45, 7) is 7.22. The predicted molar refractivity (Wildman–Crippen MR) is 97.9 cm³/mol. The summed E-state index contributed by atoms with van der Waals surface area (Å²) in [7, 11) is 0. The maximum absolute atomic E-state index is 5.98. The van der Waals surface area contributed by atoms with Gasteiger partial charge in [-0.25, -0.2) is 4.98 Å². The first-order valence-corrected chi connectivity index (χ1v) is 9.28. The average molecular weight is 313 g/mol. The molecule has 0 radical (unpaired) electrons. The molecule has 1 aromatic carbocycles. The lowest BCUT2D eigenvalue weighted by atomic mass is 9.86. The summed E-state index contributed by atoms with van der Waals surface area (Å²) in [6, 6.07) is 4.83. The molecule has 1 unspecified atom stereocenters. The zero-order chi connectivity index (χ0) is 16.4. The van der Waals surface area contributed by atoms with Crippen LogP contribution in [0.4, 0.5) is 0 Å². The monoisotopic (exact) mass is 313 g/mol. The summed E-state index contributed by atoms with van der Waals surface area (Å²) in [6.07, 6.45) is 9.44. The SMILES string of the molecule is Cc1cc2nc(CCC3CCCCC3)n(C(C)CN)c2cc1C. The van der Waals surface area contributed by atoms with Crippen molar-refractivity contribution in [3.63, 3.8) is 0 Å². The molecule has 0 spiro atoms. The first-order valence-electron chi connectivity index (χ1n) is 9.28. The van der Waals surface area contributed by atoms with Crippen LogP contribution in [0.15, 0.2) is 12.1 Å². The highest BCUT2D eigenvalue weighted by Crippen LogP contribution is 2.29. The van der Waals surface area contributed by atoms with Crippen LogP contribution in [0.5, 0.6) is 0 Å². The predicted octanol–water partition coefficient (Wildman–Crippen LogP) is 4.69. The van der Waals surface area contributed by atoms with Gasteiger partial charge in [-0.2, -0.15) is 0 Å². The Hall–Kier alpha value is -1.35. The van der Waals surface area contributed by atoms with E-state index in [0.29, 0.717) is 12.6 Å². The van der Waals surface area contributed by atoms with Gasteiger partial charge < -0.3 is 10.3 Å². The molecule has 1 aliphatic carbocycles.